The van der Waals surface area contributed by atoms with E-state index >= 15 is 0 Å². The van der Waals surface area contributed by atoms with Gasteiger partial charge >= 0.3 is 23.4 Å². The molecule has 0 aliphatic heterocycles. The molecule has 0 fully saturated rings. The molecule has 1 amide bonds. The number of amides is 1. The first-order chi connectivity index (χ1) is 19.0. The quantitative estimate of drug-likeness (QED) is 0.209. The molecule has 0 aliphatic rings. The first-order valence-corrected chi connectivity index (χ1v) is 13.3. The standard InChI is InChI=1S/C25H26ClN7O7S/c1-24(2,3)39-22(35)31(21-29-28-19(41-21)13-10-17(33(37)38)20(34)30(7)12-13)16-9-8-15-14(18(16)26)11-27-32(15)23(36)40-25(4,5)6/h8-12H,1-7H3. The van der Waals surface area contributed by atoms with Gasteiger partial charge in [0.2, 0.25) is 5.13 Å². The molecule has 0 spiro atoms. The molecular formula is C25H26ClN7O7S. The average Bonchev–Trinajstić information content (AvgIpc) is 3.48. The molecule has 0 saturated heterocycles. The van der Waals surface area contributed by atoms with Gasteiger partial charge in [0.05, 0.1) is 27.3 Å². The Labute approximate surface area is 242 Å². The first-order valence-electron chi connectivity index (χ1n) is 12.1. The van der Waals surface area contributed by atoms with Crippen molar-refractivity contribution in [2.45, 2.75) is 52.7 Å². The molecule has 3 heterocycles. The number of halogens is 1. The Morgan fingerprint density at radius 1 is 1.10 bits per heavy atom. The fourth-order valence-corrected chi connectivity index (χ4v) is 4.75. The van der Waals surface area contributed by atoms with Crippen LogP contribution >= 0.6 is 22.9 Å². The van der Waals surface area contributed by atoms with Crippen molar-refractivity contribution >= 4 is 62.5 Å². The third kappa shape index (κ3) is 6.20. The fraction of sp³-hybridized carbons (Fsp3) is 0.360. The number of rotatable bonds is 4. The molecule has 16 heteroatoms. The van der Waals surface area contributed by atoms with Gasteiger partial charge < -0.3 is 14.0 Å². The number of aromatic nitrogens is 5. The maximum Gasteiger partial charge on any atom is 0.435 e. The highest BCUT2D eigenvalue weighted by Crippen LogP contribution is 2.40. The lowest BCUT2D eigenvalue weighted by atomic mass is 10.2. The molecular weight excluding hydrogens is 578 g/mol. The van der Waals surface area contributed by atoms with Crippen molar-refractivity contribution in [3.8, 4) is 10.6 Å². The van der Waals surface area contributed by atoms with E-state index in [1.54, 1.807) is 47.6 Å². The van der Waals surface area contributed by atoms with Crippen LogP contribution in [-0.4, -0.2) is 52.9 Å². The van der Waals surface area contributed by atoms with Gasteiger partial charge in [-0.1, -0.05) is 22.9 Å². The number of anilines is 2. The highest BCUT2D eigenvalue weighted by atomic mass is 35.5. The average molecular weight is 604 g/mol. The number of hydrogen-bond acceptors (Lipinski definition) is 11. The number of fused-ring (bicyclic) bond motifs is 1. The van der Waals surface area contributed by atoms with E-state index in [0.717, 1.165) is 31.6 Å². The predicted molar refractivity (Wildman–Crippen MR) is 152 cm³/mol. The minimum atomic E-state index is -0.890. The second-order valence-corrected chi connectivity index (χ2v) is 12.2. The second-order valence-electron chi connectivity index (χ2n) is 10.9. The van der Waals surface area contributed by atoms with Crippen molar-refractivity contribution < 1.29 is 24.0 Å². The molecule has 41 heavy (non-hydrogen) atoms. The zero-order chi connectivity index (χ0) is 30.4. The number of nitrogens with zero attached hydrogens (tertiary/aromatic N) is 7. The van der Waals surface area contributed by atoms with Crippen LogP contribution in [0.1, 0.15) is 41.5 Å². The van der Waals surface area contributed by atoms with E-state index in [-0.39, 0.29) is 26.4 Å². The summed E-state index contributed by atoms with van der Waals surface area (Å²) in [7, 11) is 1.38. The zero-order valence-corrected chi connectivity index (χ0v) is 24.7. The molecule has 216 valence electrons. The Balaban J connectivity index is 1.83. The van der Waals surface area contributed by atoms with Gasteiger partial charge in [-0.2, -0.15) is 9.78 Å². The van der Waals surface area contributed by atoms with Crippen molar-refractivity contribution in [1.29, 1.82) is 0 Å². The highest BCUT2D eigenvalue weighted by Gasteiger charge is 2.31. The van der Waals surface area contributed by atoms with Crippen LogP contribution in [0, 0.1) is 10.1 Å². The Morgan fingerprint density at radius 3 is 2.37 bits per heavy atom. The van der Waals surface area contributed by atoms with Crippen LogP contribution < -0.4 is 10.5 Å². The molecule has 0 radical (unpaired) electrons. The molecule has 0 saturated carbocycles. The number of carbonyl (C=O) groups is 2. The number of hydrogen-bond donors (Lipinski definition) is 0. The molecule has 1 aromatic carbocycles. The molecule has 0 bridgehead atoms. The van der Waals surface area contributed by atoms with Crippen LogP contribution in [0.4, 0.5) is 26.1 Å². The van der Waals surface area contributed by atoms with Crippen molar-refractivity contribution in [3.63, 3.8) is 0 Å². The third-order valence-corrected chi connectivity index (χ3v) is 6.62. The van der Waals surface area contributed by atoms with E-state index in [9.17, 15) is 24.5 Å². The number of pyridine rings is 1. The van der Waals surface area contributed by atoms with E-state index in [4.69, 9.17) is 21.1 Å². The molecule has 4 aromatic rings. The molecule has 4 rings (SSSR count). The van der Waals surface area contributed by atoms with Gasteiger partial charge in [-0.3, -0.25) is 14.9 Å². The number of carbonyl (C=O) groups excluding carboxylic acids is 2. The largest absolute Gasteiger partial charge is 0.443 e. The van der Waals surface area contributed by atoms with Gasteiger partial charge in [0.15, 0.2) is 5.01 Å². The number of nitro groups is 1. The maximum absolute atomic E-state index is 13.5. The summed E-state index contributed by atoms with van der Waals surface area (Å²) < 4.78 is 13.1. The van der Waals surface area contributed by atoms with Crippen molar-refractivity contribution in [2.24, 2.45) is 7.05 Å². The minimum absolute atomic E-state index is 0.0338. The second kappa shape index (κ2) is 10.6. The van der Waals surface area contributed by atoms with Crippen LogP contribution in [0.15, 0.2) is 35.4 Å². The van der Waals surface area contributed by atoms with E-state index in [1.807, 2.05) is 0 Å². The lowest BCUT2D eigenvalue weighted by Gasteiger charge is -2.26. The topological polar surface area (TPSA) is 165 Å². The summed E-state index contributed by atoms with van der Waals surface area (Å²) >= 11 is 7.68. The lowest BCUT2D eigenvalue weighted by Crippen LogP contribution is -2.34. The summed E-state index contributed by atoms with van der Waals surface area (Å²) in [4.78, 5) is 50.0. The molecule has 0 aliphatic carbocycles. The first kappa shape index (κ1) is 29.6. The van der Waals surface area contributed by atoms with E-state index in [0.29, 0.717) is 10.9 Å². The predicted octanol–water partition coefficient (Wildman–Crippen LogP) is 5.67. The van der Waals surface area contributed by atoms with Gasteiger partial charge in [0.1, 0.15) is 11.2 Å². The van der Waals surface area contributed by atoms with Crippen LogP contribution in [0.5, 0.6) is 0 Å². The Kier molecular flexibility index (Phi) is 7.62. The van der Waals surface area contributed by atoms with Crippen LogP contribution in [0.25, 0.3) is 21.5 Å². The van der Waals surface area contributed by atoms with Gasteiger partial charge in [0, 0.05) is 30.3 Å². The van der Waals surface area contributed by atoms with Gasteiger partial charge in [-0.15, -0.1) is 10.2 Å². The van der Waals surface area contributed by atoms with Gasteiger partial charge in [0.25, 0.3) is 0 Å². The summed E-state index contributed by atoms with van der Waals surface area (Å²) in [6.45, 7) is 10.2. The lowest BCUT2D eigenvalue weighted by molar-refractivity contribution is -0.386. The Hall–Kier alpha value is -4.37. The number of aryl methyl sites for hydroxylation is 1. The summed E-state index contributed by atoms with van der Waals surface area (Å²) in [5.41, 5.74) is -2.33. The molecule has 0 unspecified atom stereocenters. The SMILES string of the molecule is Cn1cc(-c2nnc(N(C(=O)OC(C)(C)C)c3ccc4c(cnn4C(=O)OC(C)(C)C)c3Cl)s2)cc([N+](=O)[O-])c1=O. The highest BCUT2D eigenvalue weighted by molar-refractivity contribution is 7.18. The van der Waals surface area contributed by atoms with Crippen molar-refractivity contribution in [1.82, 2.24) is 24.5 Å². The van der Waals surface area contributed by atoms with E-state index < -0.39 is 39.6 Å². The third-order valence-electron chi connectivity index (χ3n) is 5.26. The summed E-state index contributed by atoms with van der Waals surface area (Å²) in [6.07, 6.45) is 1.21. The monoisotopic (exact) mass is 603 g/mol. The van der Waals surface area contributed by atoms with Crippen molar-refractivity contribution in [2.75, 3.05) is 4.90 Å². The summed E-state index contributed by atoms with van der Waals surface area (Å²) in [5, 5.41) is 24.4. The molecule has 14 nitrogen and oxygen atoms in total. The fourth-order valence-electron chi connectivity index (χ4n) is 3.63. The smallest absolute Gasteiger partial charge is 0.435 e. The Bertz CT molecular complexity index is 1750. The van der Waals surface area contributed by atoms with Gasteiger partial charge in [-0.05, 0) is 53.7 Å². The van der Waals surface area contributed by atoms with E-state index in [2.05, 4.69) is 15.3 Å². The normalized spacial score (nSPS) is 11.9. The number of benzene rings is 1. The van der Waals surface area contributed by atoms with Crippen LogP contribution in [0.2, 0.25) is 5.02 Å². The maximum atomic E-state index is 13.5. The van der Waals surface area contributed by atoms with Crippen LogP contribution in [0.3, 0.4) is 0 Å². The molecule has 3 aromatic heterocycles. The number of ether oxygens (including phenoxy) is 2. The van der Waals surface area contributed by atoms with Gasteiger partial charge in [-0.25, -0.2) is 14.5 Å². The molecule has 0 N–H and O–H groups in total. The summed E-state index contributed by atoms with van der Waals surface area (Å²) in [6, 6.07) is 4.13. The van der Waals surface area contributed by atoms with Crippen molar-refractivity contribution in [3.05, 3.63) is 56.1 Å². The zero-order valence-electron chi connectivity index (χ0n) is 23.2. The summed E-state index contributed by atoms with van der Waals surface area (Å²) in [5.74, 6) is 0. The van der Waals surface area contributed by atoms with E-state index in [1.165, 1.54) is 25.5 Å². The molecule has 0 atom stereocenters. The van der Waals surface area contributed by atoms with Crippen LogP contribution in [-0.2, 0) is 16.5 Å². The Morgan fingerprint density at radius 2 is 1.76 bits per heavy atom. The minimum Gasteiger partial charge on any atom is -0.443 e.